The molecule has 0 bridgehead atoms. The third-order valence-corrected chi connectivity index (χ3v) is 3.77. The Bertz CT molecular complexity index is 943. The smallest absolute Gasteiger partial charge is 0.261 e. The molecule has 0 aliphatic heterocycles. The Balaban J connectivity index is 1.96. The molecule has 0 fully saturated rings. The molecule has 0 saturated carbocycles. The lowest BCUT2D eigenvalue weighted by molar-refractivity contribution is 0.101. The van der Waals surface area contributed by atoms with Gasteiger partial charge in [-0.3, -0.25) is 9.78 Å². The van der Waals surface area contributed by atoms with Crippen LogP contribution in [-0.4, -0.2) is 10.9 Å². The van der Waals surface area contributed by atoms with Gasteiger partial charge in [0.05, 0.1) is 0 Å². The summed E-state index contributed by atoms with van der Waals surface area (Å²) in [6.07, 6.45) is 3.26. The molecular formula is C19H13F3N2O. The number of carbonyl (C=O) groups is 1. The number of aryl methyl sites for hydroxylation is 1. The Morgan fingerprint density at radius 2 is 1.60 bits per heavy atom. The Labute approximate surface area is 142 Å². The fraction of sp³-hybridized carbons (Fsp3) is 0.0526. The van der Waals surface area contributed by atoms with Crippen molar-refractivity contribution >= 4 is 11.6 Å². The highest BCUT2D eigenvalue weighted by Crippen LogP contribution is 2.26. The molecule has 1 amide bonds. The second-order valence-corrected chi connectivity index (χ2v) is 5.44. The number of rotatable bonds is 3. The van der Waals surface area contributed by atoms with Gasteiger partial charge >= 0.3 is 0 Å². The molecule has 1 heterocycles. The molecule has 0 atom stereocenters. The van der Waals surface area contributed by atoms with E-state index in [1.165, 1.54) is 0 Å². The van der Waals surface area contributed by atoms with Crippen molar-refractivity contribution in [2.75, 3.05) is 5.32 Å². The minimum atomic E-state index is -1.51. The zero-order valence-electron chi connectivity index (χ0n) is 13.2. The quantitative estimate of drug-likeness (QED) is 0.700. The minimum Gasteiger partial charge on any atom is -0.322 e. The predicted molar refractivity (Wildman–Crippen MR) is 88.7 cm³/mol. The number of amides is 1. The zero-order valence-corrected chi connectivity index (χ0v) is 13.2. The minimum absolute atomic E-state index is 0.377. The highest BCUT2D eigenvalue weighted by Gasteiger charge is 2.21. The van der Waals surface area contributed by atoms with Crippen LogP contribution in [0.5, 0.6) is 0 Å². The van der Waals surface area contributed by atoms with Gasteiger partial charge in [-0.1, -0.05) is 12.1 Å². The van der Waals surface area contributed by atoms with E-state index >= 15 is 0 Å². The SMILES string of the molecule is Cc1ccc(-c2ccncc2)cc1NC(=O)c1c(F)ccc(F)c1F. The molecule has 3 nitrogen and oxygen atoms in total. The van der Waals surface area contributed by atoms with Crippen molar-refractivity contribution in [3.63, 3.8) is 0 Å². The number of pyridine rings is 1. The van der Waals surface area contributed by atoms with Crippen LogP contribution in [-0.2, 0) is 0 Å². The third-order valence-electron chi connectivity index (χ3n) is 3.77. The van der Waals surface area contributed by atoms with Crippen molar-refractivity contribution in [3.8, 4) is 11.1 Å². The van der Waals surface area contributed by atoms with Crippen molar-refractivity contribution < 1.29 is 18.0 Å². The van der Waals surface area contributed by atoms with Crippen LogP contribution in [0.2, 0.25) is 0 Å². The molecule has 0 spiro atoms. The van der Waals surface area contributed by atoms with Crippen LogP contribution in [0.15, 0.2) is 54.9 Å². The van der Waals surface area contributed by atoms with Gasteiger partial charge < -0.3 is 5.32 Å². The Hall–Kier alpha value is -3.15. The fourth-order valence-corrected chi connectivity index (χ4v) is 2.40. The van der Waals surface area contributed by atoms with E-state index in [0.29, 0.717) is 23.4 Å². The number of hydrogen-bond acceptors (Lipinski definition) is 2. The normalized spacial score (nSPS) is 10.6. The summed E-state index contributed by atoms with van der Waals surface area (Å²) < 4.78 is 40.8. The number of halogens is 3. The van der Waals surface area contributed by atoms with E-state index in [9.17, 15) is 18.0 Å². The van der Waals surface area contributed by atoms with Crippen LogP contribution in [0.25, 0.3) is 11.1 Å². The van der Waals surface area contributed by atoms with Gasteiger partial charge in [0.1, 0.15) is 11.4 Å². The van der Waals surface area contributed by atoms with Crippen LogP contribution < -0.4 is 5.32 Å². The summed E-state index contributed by atoms with van der Waals surface area (Å²) in [5.74, 6) is -4.97. The largest absolute Gasteiger partial charge is 0.322 e. The first-order valence-electron chi connectivity index (χ1n) is 7.43. The maximum Gasteiger partial charge on any atom is 0.261 e. The number of anilines is 1. The standard InChI is InChI=1S/C19H13F3N2O/c1-11-2-3-13(12-6-8-23-9-7-12)10-16(11)24-19(25)17-14(20)4-5-15(21)18(17)22/h2-10H,1H3,(H,24,25). The van der Waals surface area contributed by atoms with Gasteiger partial charge in [0.15, 0.2) is 11.6 Å². The summed E-state index contributed by atoms with van der Waals surface area (Å²) >= 11 is 0. The maximum absolute atomic E-state index is 13.8. The van der Waals surface area contributed by atoms with Gasteiger partial charge in [-0.15, -0.1) is 0 Å². The monoisotopic (exact) mass is 342 g/mol. The number of aromatic nitrogens is 1. The van der Waals surface area contributed by atoms with Crippen LogP contribution in [0, 0.1) is 24.4 Å². The molecule has 0 radical (unpaired) electrons. The van der Waals surface area contributed by atoms with Gasteiger partial charge in [0.25, 0.3) is 5.91 Å². The van der Waals surface area contributed by atoms with Gasteiger partial charge in [0, 0.05) is 18.1 Å². The first kappa shape index (κ1) is 16.7. The lowest BCUT2D eigenvalue weighted by Gasteiger charge is -2.12. The van der Waals surface area contributed by atoms with E-state index in [4.69, 9.17) is 0 Å². The number of carbonyl (C=O) groups excluding carboxylic acids is 1. The molecule has 0 saturated heterocycles. The second-order valence-electron chi connectivity index (χ2n) is 5.44. The van der Waals surface area contributed by atoms with E-state index in [1.54, 1.807) is 43.6 Å². The molecule has 25 heavy (non-hydrogen) atoms. The average molecular weight is 342 g/mol. The van der Waals surface area contributed by atoms with Crippen molar-refractivity contribution in [2.24, 2.45) is 0 Å². The number of nitrogens with one attached hydrogen (secondary N) is 1. The van der Waals surface area contributed by atoms with Crippen LogP contribution >= 0.6 is 0 Å². The third kappa shape index (κ3) is 3.38. The molecule has 6 heteroatoms. The molecule has 0 aliphatic rings. The summed E-state index contributed by atoms with van der Waals surface area (Å²) in [4.78, 5) is 16.2. The lowest BCUT2D eigenvalue weighted by Crippen LogP contribution is -2.17. The zero-order chi connectivity index (χ0) is 18.0. The molecule has 126 valence electrons. The van der Waals surface area contributed by atoms with E-state index in [2.05, 4.69) is 10.3 Å². The average Bonchev–Trinajstić information content (AvgIpc) is 2.61. The Kier molecular flexibility index (Phi) is 4.52. The number of benzene rings is 2. The number of nitrogens with zero attached hydrogens (tertiary/aromatic N) is 1. The highest BCUT2D eigenvalue weighted by atomic mass is 19.2. The molecule has 2 aromatic carbocycles. The van der Waals surface area contributed by atoms with Crippen molar-refractivity contribution in [2.45, 2.75) is 6.92 Å². The van der Waals surface area contributed by atoms with E-state index in [-0.39, 0.29) is 0 Å². The highest BCUT2D eigenvalue weighted by molar-refractivity contribution is 6.05. The second kappa shape index (κ2) is 6.76. The Morgan fingerprint density at radius 1 is 0.920 bits per heavy atom. The summed E-state index contributed by atoms with van der Waals surface area (Å²) in [7, 11) is 0. The topological polar surface area (TPSA) is 42.0 Å². The van der Waals surface area contributed by atoms with Crippen molar-refractivity contribution in [1.29, 1.82) is 0 Å². The van der Waals surface area contributed by atoms with Gasteiger partial charge in [-0.2, -0.15) is 0 Å². The van der Waals surface area contributed by atoms with E-state index < -0.39 is 28.9 Å². The van der Waals surface area contributed by atoms with E-state index in [0.717, 1.165) is 11.1 Å². The predicted octanol–water partition coefficient (Wildman–Crippen LogP) is 4.73. The van der Waals surface area contributed by atoms with Crippen LogP contribution in [0.4, 0.5) is 18.9 Å². The summed E-state index contributed by atoms with van der Waals surface area (Å²) in [5, 5.41) is 2.44. The summed E-state index contributed by atoms with van der Waals surface area (Å²) in [6, 6.07) is 10.2. The summed E-state index contributed by atoms with van der Waals surface area (Å²) in [5.41, 5.74) is 1.79. The maximum atomic E-state index is 13.8. The van der Waals surface area contributed by atoms with Gasteiger partial charge in [-0.25, -0.2) is 13.2 Å². The molecule has 0 aliphatic carbocycles. The van der Waals surface area contributed by atoms with Crippen molar-refractivity contribution in [1.82, 2.24) is 4.98 Å². The summed E-state index contributed by atoms with van der Waals surface area (Å²) in [6.45, 7) is 1.74. The van der Waals surface area contributed by atoms with E-state index in [1.807, 2.05) is 6.07 Å². The van der Waals surface area contributed by atoms with Gasteiger partial charge in [-0.05, 0) is 53.9 Å². The lowest BCUT2D eigenvalue weighted by atomic mass is 10.0. The van der Waals surface area contributed by atoms with Crippen LogP contribution in [0.3, 0.4) is 0 Å². The first-order valence-corrected chi connectivity index (χ1v) is 7.43. The molecular weight excluding hydrogens is 329 g/mol. The molecule has 3 aromatic rings. The molecule has 0 unspecified atom stereocenters. The molecule has 1 N–H and O–H groups in total. The first-order chi connectivity index (χ1) is 12.0. The number of hydrogen-bond donors (Lipinski definition) is 1. The van der Waals surface area contributed by atoms with Gasteiger partial charge in [0.2, 0.25) is 0 Å². The van der Waals surface area contributed by atoms with Crippen LogP contribution in [0.1, 0.15) is 15.9 Å². The molecule has 1 aromatic heterocycles. The fourth-order valence-electron chi connectivity index (χ4n) is 2.40. The van der Waals surface area contributed by atoms with Crippen molar-refractivity contribution in [3.05, 3.63) is 83.4 Å². The Morgan fingerprint density at radius 3 is 2.32 bits per heavy atom. The molecule has 3 rings (SSSR count).